The van der Waals surface area contributed by atoms with Gasteiger partial charge in [-0.3, -0.25) is 19.3 Å². The number of rotatable bonds is 9. The van der Waals surface area contributed by atoms with Crippen LogP contribution in [0.4, 0.5) is 5.69 Å². The third kappa shape index (κ3) is 5.98. The highest BCUT2D eigenvalue weighted by Gasteiger charge is 2.34. The van der Waals surface area contributed by atoms with Crippen molar-refractivity contribution in [3.05, 3.63) is 82.0 Å². The number of anilines is 1. The van der Waals surface area contributed by atoms with E-state index in [0.717, 1.165) is 30.6 Å². The highest BCUT2D eigenvalue weighted by atomic mass is 32.1. The molecule has 35 heavy (non-hydrogen) atoms. The number of benzene rings is 2. The lowest BCUT2D eigenvalue weighted by Crippen LogP contribution is -2.46. The van der Waals surface area contributed by atoms with E-state index in [9.17, 15) is 14.4 Å². The van der Waals surface area contributed by atoms with Gasteiger partial charge in [-0.25, -0.2) is 0 Å². The van der Waals surface area contributed by atoms with Crippen molar-refractivity contribution in [3.8, 4) is 5.75 Å². The maximum atomic E-state index is 13.8. The molecule has 2 aromatic carbocycles. The van der Waals surface area contributed by atoms with Crippen LogP contribution in [0.1, 0.15) is 59.4 Å². The second-order valence-electron chi connectivity index (χ2n) is 8.80. The lowest BCUT2D eigenvalue weighted by atomic mass is 10.0. The first-order chi connectivity index (χ1) is 17.0. The van der Waals surface area contributed by atoms with Gasteiger partial charge in [0, 0.05) is 22.2 Å². The molecule has 1 N–H and O–H groups in total. The minimum absolute atomic E-state index is 0.0911. The Balaban J connectivity index is 1.81. The number of thiophene rings is 1. The van der Waals surface area contributed by atoms with Crippen molar-refractivity contribution in [2.24, 2.45) is 0 Å². The molecule has 7 heteroatoms. The van der Waals surface area contributed by atoms with Gasteiger partial charge in [0.25, 0.3) is 0 Å². The van der Waals surface area contributed by atoms with Gasteiger partial charge >= 0.3 is 0 Å². The highest BCUT2D eigenvalue weighted by Crippen LogP contribution is 2.32. The van der Waals surface area contributed by atoms with Crippen LogP contribution in [-0.2, 0) is 16.0 Å². The summed E-state index contributed by atoms with van der Waals surface area (Å²) in [6.07, 6.45) is 4.17. The summed E-state index contributed by atoms with van der Waals surface area (Å²) >= 11 is 1.50. The van der Waals surface area contributed by atoms with Crippen molar-refractivity contribution in [3.63, 3.8) is 0 Å². The topological polar surface area (TPSA) is 75.7 Å². The number of nitrogens with one attached hydrogen (secondary N) is 1. The predicted octanol–water partition coefficient (Wildman–Crippen LogP) is 5.34. The molecule has 6 nitrogen and oxygen atoms in total. The molecule has 0 saturated heterocycles. The first-order valence-electron chi connectivity index (χ1n) is 11.9. The van der Waals surface area contributed by atoms with Crippen molar-refractivity contribution >= 4 is 34.6 Å². The van der Waals surface area contributed by atoms with E-state index >= 15 is 0 Å². The van der Waals surface area contributed by atoms with E-state index in [4.69, 9.17) is 4.74 Å². The van der Waals surface area contributed by atoms with Gasteiger partial charge in [-0.15, -0.1) is 11.3 Å². The van der Waals surface area contributed by atoms with Crippen LogP contribution in [0.5, 0.6) is 5.75 Å². The number of Topliss-reactive ketones (excluding diaryl/α,β-unsaturated/α-hetero) is 1. The Morgan fingerprint density at radius 2 is 1.83 bits per heavy atom. The van der Waals surface area contributed by atoms with Gasteiger partial charge in [0.15, 0.2) is 5.78 Å². The summed E-state index contributed by atoms with van der Waals surface area (Å²) in [6.45, 7) is 1.49. The Bertz CT molecular complexity index is 1190. The summed E-state index contributed by atoms with van der Waals surface area (Å²) in [5, 5.41) is 5.10. The number of methoxy groups -OCH3 is 1. The van der Waals surface area contributed by atoms with Gasteiger partial charge < -0.3 is 10.1 Å². The first-order valence-corrected chi connectivity index (χ1v) is 12.7. The van der Waals surface area contributed by atoms with Crippen LogP contribution >= 0.6 is 11.3 Å². The van der Waals surface area contributed by atoms with Gasteiger partial charge in [-0.1, -0.05) is 43.2 Å². The number of carbonyl (C=O) groups excluding carboxylic acids is 3. The van der Waals surface area contributed by atoms with Crippen molar-refractivity contribution in [2.75, 3.05) is 12.0 Å². The number of hydrogen-bond donors (Lipinski definition) is 1. The van der Waals surface area contributed by atoms with Crippen molar-refractivity contribution in [1.29, 1.82) is 0 Å². The maximum absolute atomic E-state index is 13.8. The van der Waals surface area contributed by atoms with Crippen molar-refractivity contribution in [2.45, 2.75) is 51.1 Å². The van der Waals surface area contributed by atoms with Crippen LogP contribution in [0.2, 0.25) is 0 Å². The Labute approximate surface area is 209 Å². The first kappa shape index (κ1) is 24.7. The minimum atomic E-state index is -0.916. The molecular weight excluding hydrogens is 460 g/mol. The van der Waals surface area contributed by atoms with Crippen LogP contribution < -0.4 is 15.0 Å². The van der Waals surface area contributed by atoms with E-state index in [1.54, 1.807) is 37.4 Å². The summed E-state index contributed by atoms with van der Waals surface area (Å²) in [6, 6.07) is 17.2. The Morgan fingerprint density at radius 3 is 2.51 bits per heavy atom. The number of ketones is 1. The van der Waals surface area contributed by atoms with Gasteiger partial charge in [-0.05, 0) is 61.0 Å². The molecule has 0 bridgehead atoms. The average molecular weight is 491 g/mol. The minimum Gasteiger partial charge on any atom is -0.497 e. The molecule has 0 spiro atoms. The van der Waals surface area contributed by atoms with E-state index in [1.807, 2.05) is 35.7 Å². The number of hydrogen-bond acceptors (Lipinski definition) is 5. The maximum Gasteiger partial charge on any atom is 0.248 e. The third-order valence-electron chi connectivity index (χ3n) is 6.32. The van der Waals surface area contributed by atoms with E-state index in [2.05, 4.69) is 5.32 Å². The molecule has 1 heterocycles. The zero-order valence-electron chi connectivity index (χ0n) is 20.0. The van der Waals surface area contributed by atoms with E-state index < -0.39 is 6.04 Å². The molecular formula is C28H30N2O4S. The zero-order chi connectivity index (χ0) is 24.8. The second-order valence-corrected chi connectivity index (χ2v) is 9.83. The lowest BCUT2D eigenvalue weighted by Gasteiger charge is -2.32. The summed E-state index contributed by atoms with van der Waals surface area (Å²) in [5.74, 6) is 0.0376. The van der Waals surface area contributed by atoms with Crippen molar-refractivity contribution < 1.29 is 19.1 Å². The van der Waals surface area contributed by atoms with Crippen LogP contribution in [0, 0.1) is 0 Å². The molecule has 1 unspecified atom stereocenters. The molecule has 1 saturated carbocycles. The molecule has 1 atom stereocenters. The normalized spacial score (nSPS) is 14.3. The molecule has 1 fully saturated rings. The molecule has 1 aliphatic rings. The predicted molar refractivity (Wildman–Crippen MR) is 138 cm³/mol. The van der Waals surface area contributed by atoms with Gasteiger partial charge in [0.05, 0.1) is 13.5 Å². The molecule has 0 aliphatic heterocycles. The molecule has 0 radical (unpaired) electrons. The monoisotopic (exact) mass is 490 g/mol. The zero-order valence-corrected chi connectivity index (χ0v) is 20.8. The van der Waals surface area contributed by atoms with Gasteiger partial charge in [0.2, 0.25) is 11.8 Å². The third-order valence-corrected chi connectivity index (χ3v) is 7.20. The SMILES string of the molecule is COc1cccc(C(C(=O)NC2CCCC2)N(C(=O)Cc2cccs2)c2cccc(C(C)=O)c2)c1. The Morgan fingerprint density at radius 1 is 1.06 bits per heavy atom. The fraction of sp³-hybridized carbons (Fsp3) is 0.321. The van der Waals surface area contributed by atoms with Crippen LogP contribution in [-0.4, -0.2) is 30.7 Å². The summed E-state index contributed by atoms with van der Waals surface area (Å²) in [4.78, 5) is 42.2. The average Bonchev–Trinajstić information content (AvgIpc) is 3.57. The Hall–Kier alpha value is -3.45. The number of nitrogens with zero attached hydrogens (tertiary/aromatic N) is 1. The number of carbonyl (C=O) groups is 3. The van der Waals surface area contributed by atoms with Gasteiger partial charge in [0.1, 0.15) is 11.8 Å². The highest BCUT2D eigenvalue weighted by molar-refractivity contribution is 7.10. The van der Waals surface area contributed by atoms with Crippen LogP contribution in [0.15, 0.2) is 66.0 Å². The molecule has 4 rings (SSSR count). The van der Waals surface area contributed by atoms with Crippen LogP contribution in [0.25, 0.3) is 0 Å². The molecule has 3 aromatic rings. The summed E-state index contributed by atoms with van der Waals surface area (Å²) in [7, 11) is 1.57. The van der Waals surface area contributed by atoms with E-state index in [1.165, 1.54) is 23.2 Å². The van der Waals surface area contributed by atoms with E-state index in [-0.39, 0.29) is 30.1 Å². The van der Waals surface area contributed by atoms with Crippen LogP contribution in [0.3, 0.4) is 0 Å². The van der Waals surface area contributed by atoms with Gasteiger partial charge in [-0.2, -0.15) is 0 Å². The molecule has 182 valence electrons. The largest absolute Gasteiger partial charge is 0.497 e. The lowest BCUT2D eigenvalue weighted by molar-refractivity contribution is -0.127. The molecule has 1 aliphatic carbocycles. The Kier molecular flexibility index (Phi) is 7.98. The standard InChI is InChI=1S/C28H30N2O4S/c1-19(31)20-8-5-12-23(16-20)30(26(32)18-25-14-7-15-35-25)27(21-9-6-13-24(17-21)34-2)28(33)29-22-10-3-4-11-22/h5-9,12-17,22,27H,3-4,10-11,18H2,1-2H3,(H,29,33). The quantitative estimate of drug-likeness (QED) is 0.411. The van der Waals surface area contributed by atoms with E-state index in [0.29, 0.717) is 22.6 Å². The smallest absolute Gasteiger partial charge is 0.248 e. The molecule has 2 amide bonds. The molecule has 1 aromatic heterocycles. The fourth-order valence-corrected chi connectivity index (χ4v) is 5.23. The summed E-state index contributed by atoms with van der Waals surface area (Å²) in [5.41, 5.74) is 1.64. The second kappa shape index (κ2) is 11.3. The number of ether oxygens (including phenoxy) is 1. The number of amides is 2. The van der Waals surface area contributed by atoms with Crippen molar-refractivity contribution in [1.82, 2.24) is 5.32 Å². The summed E-state index contributed by atoms with van der Waals surface area (Å²) < 4.78 is 5.42. The fourth-order valence-electron chi connectivity index (χ4n) is 4.54.